The van der Waals surface area contributed by atoms with Crippen LogP contribution in [-0.4, -0.2) is 30.4 Å². The second kappa shape index (κ2) is 5.14. The highest BCUT2D eigenvalue weighted by Crippen LogP contribution is 2.21. The Kier molecular flexibility index (Phi) is 3.79. The largest absolute Gasteiger partial charge is 0.338 e. The first kappa shape index (κ1) is 12.5. The number of hydrogen-bond donors (Lipinski definition) is 1. The van der Waals surface area contributed by atoms with Crippen molar-refractivity contribution in [2.75, 3.05) is 19.6 Å². The van der Waals surface area contributed by atoms with Crippen LogP contribution in [0.4, 0.5) is 4.39 Å². The Balaban J connectivity index is 2.17. The number of amides is 1. The fourth-order valence-electron chi connectivity index (χ4n) is 2.04. The Bertz CT molecular complexity index is 439. The maximum Gasteiger partial charge on any atom is 0.256 e. The molecule has 1 aliphatic rings. The first-order chi connectivity index (χ1) is 8.11. The molecule has 0 saturated carbocycles. The van der Waals surface area contributed by atoms with Crippen LogP contribution >= 0.6 is 15.9 Å². The van der Waals surface area contributed by atoms with Crippen LogP contribution in [0.1, 0.15) is 16.8 Å². The minimum Gasteiger partial charge on any atom is -0.338 e. The minimum absolute atomic E-state index is 0.122. The van der Waals surface area contributed by atoms with Gasteiger partial charge < -0.3 is 10.6 Å². The molecule has 1 aromatic rings. The molecule has 1 heterocycles. The maximum absolute atomic E-state index is 13.6. The van der Waals surface area contributed by atoms with E-state index in [4.69, 9.17) is 5.73 Å². The third-order valence-electron chi connectivity index (χ3n) is 3.07. The third-order valence-corrected chi connectivity index (χ3v) is 3.56. The van der Waals surface area contributed by atoms with Gasteiger partial charge in [0.25, 0.3) is 5.91 Å². The van der Waals surface area contributed by atoms with Crippen molar-refractivity contribution in [3.05, 3.63) is 34.1 Å². The molecule has 2 rings (SSSR count). The van der Waals surface area contributed by atoms with E-state index in [-0.39, 0.29) is 11.5 Å². The summed E-state index contributed by atoms with van der Waals surface area (Å²) in [5.74, 6) is -0.386. The number of carbonyl (C=O) groups is 1. The molecule has 1 atom stereocenters. The molecule has 1 saturated heterocycles. The van der Waals surface area contributed by atoms with Crippen LogP contribution in [0.5, 0.6) is 0 Å². The van der Waals surface area contributed by atoms with Crippen LogP contribution in [0.2, 0.25) is 0 Å². The summed E-state index contributed by atoms with van der Waals surface area (Å²) in [6.07, 6.45) is 0.901. The smallest absolute Gasteiger partial charge is 0.256 e. The van der Waals surface area contributed by atoms with Crippen molar-refractivity contribution in [1.82, 2.24) is 4.90 Å². The molecule has 0 aromatic heterocycles. The van der Waals surface area contributed by atoms with Crippen LogP contribution in [0, 0.1) is 11.7 Å². The van der Waals surface area contributed by atoms with Gasteiger partial charge in [0.1, 0.15) is 5.82 Å². The SMILES string of the molecule is NCC1CCN(C(=O)c2cc(Br)ccc2F)C1. The van der Waals surface area contributed by atoms with Gasteiger partial charge in [-0.3, -0.25) is 4.79 Å². The van der Waals surface area contributed by atoms with Crippen LogP contribution in [0.25, 0.3) is 0 Å². The van der Waals surface area contributed by atoms with E-state index in [1.54, 1.807) is 11.0 Å². The summed E-state index contributed by atoms with van der Waals surface area (Å²) in [4.78, 5) is 13.8. The van der Waals surface area contributed by atoms with E-state index in [9.17, 15) is 9.18 Å². The van der Waals surface area contributed by atoms with Crippen molar-refractivity contribution in [1.29, 1.82) is 0 Å². The number of nitrogens with zero attached hydrogens (tertiary/aromatic N) is 1. The standard InChI is InChI=1S/C12H14BrFN2O/c13-9-1-2-11(14)10(5-9)12(17)16-4-3-8(6-15)7-16/h1-2,5,8H,3-4,6-7,15H2. The fraction of sp³-hybridized carbons (Fsp3) is 0.417. The molecule has 5 heteroatoms. The first-order valence-corrected chi connectivity index (χ1v) is 6.35. The van der Waals surface area contributed by atoms with Gasteiger partial charge in [0.2, 0.25) is 0 Å². The highest BCUT2D eigenvalue weighted by atomic mass is 79.9. The van der Waals surface area contributed by atoms with E-state index >= 15 is 0 Å². The van der Waals surface area contributed by atoms with Crippen molar-refractivity contribution in [3.8, 4) is 0 Å². The summed E-state index contributed by atoms with van der Waals surface area (Å²) < 4.78 is 14.3. The highest BCUT2D eigenvalue weighted by Gasteiger charge is 2.27. The Morgan fingerprint density at radius 1 is 1.59 bits per heavy atom. The van der Waals surface area contributed by atoms with Crippen LogP contribution in [0.15, 0.2) is 22.7 Å². The zero-order valence-electron chi connectivity index (χ0n) is 9.33. The average molecular weight is 301 g/mol. The molecule has 92 valence electrons. The van der Waals surface area contributed by atoms with Crippen molar-refractivity contribution < 1.29 is 9.18 Å². The summed E-state index contributed by atoms with van der Waals surface area (Å²) in [6.45, 7) is 1.86. The molecule has 2 N–H and O–H groups in total. The lowest BCUT2D eigenvalue weighted by Crippen LogP contribution is -2.30. The fourth-order valence-corrected chi connectivity index (χ4v) is 2.40. The van der Waals surface area contributed by atoms with Crippen LogP contribution in [-0.2, 0) is 0 Å². The molecular weight excluding hydrogens is 287 g/mol. The summed E-state index contributed by atoms with van der Waals surface area (Å²) in [7, 11) is 0. The quantitative estimate of drug-likeness (QED) is 0.908. The molecular formula is C12H14BrFN2O. The van der Waals surface area contributed by atoms with E-state index in [1.165, 1.54) is 12.1 Å². The molecule has 1 amide bonds. The average Bonchev–Trinajstić information content (AvgIpc) is 2.80. The third kappa shape index (κ3) is 2.66. The van der Waals surface area contributed by atoms with Gasteiger partial charge in [-0.15, -0.1) is 0 Å². The highest BCUT2D eigenvalue weighted by molar-refractivity contribution is 9.10. The van der Waals surface area contributed by atoms with Gasteiger partial charge >= 0.3 is 0 Å². The lowest BCUT2D eigenvalue weighted by molar-refractivity contribution is 0.0783. The summed E-state index contributed by atoms with van der Waals surface area (Å²) >= 11 is 3.24. The summed E-state index contributed by atoms with van der Waals surface area (Å²) in [6, 6.07) is 4.40. The normalized spacial score (nSPS) is 19.7. The zero-order chi connectivity index (χ0) is 12.4. The Hall–Kier alpha value is -0.940. The van der Waals surface area contributed by atoms with E-state index in [1.807, 2.05) is 0 Å². The molecule has 0 radical (unpaired) electrons. The second-order valence-electron chi connectivity index (χ2n) is 4.27. The number of carbonyl (C=O) groups excluding carboxylic acids is 1. The topological polar surface area (TPSA) is 46.3 Å². The number of nitrogens with two attached hydrogens (primary N) is 1. The summed E-state index contributed by atoms with van der Waals surface area (Å²) in [5.41, 5.74) is 5.69. The monoisotopic (exact) mass is 300 g/mol. The van der Waals surface area contributed by atoms with Gasteiger partial charge in [0.15, 0.2) is 0 Å². The number of likely N-dealkylation sites (tertiary alicyclic amines) is 1. The molecule has 0 bridgehead atoms. The zero-order valence-corrected chi connectivity index (χ0v) is 10.9. The lowest BCUT2D eigenvalue weighted by Gasteiger charge is -2.16. The van der Waals surface area contributed by atoms with Crippen LogP contribution < -0.4 is 5.73 Å². The molecule has 3 nitrogen and oxygen atoms in total. The number of rotatable bonds is 2. The van der Waals surface area contributed by atoms with E-state index in [0.717, 1.165) is 6.42 Å². The van der Waals surface area contributed by atoms with Crippen molar-refractivity contribution >= 4 is 21.8 Å². The Morgan fingerprint density at radius 3 is 3.00 bits per heavy atom. The van der Waals surface area contributed by atoms with Crippen LogP contribution in [0.3, 0.4) is 0 Å². The Labute approximate surface area is 108 Å². The van der Waals surface area contributed by atoms with E-state index in [0.29, 0.717) is 30.0 Å². The molecule has 0 spiro atoms. The molecule has 1 aliphatic heterocycles. The summed E-state index contributed by atoms with van der Waals surface area (Å²) in [5, 5.41) is 0. The van der Waals surface area contributed by atoms with Gasteiger partial charge in [-0.25, -0.2) is 4.39 Å². The Morgan fingerprint density at radius 2 is 2.35 bits per heavy atom. The molecule has 0 aliphatic carbocycles. The van der Waals surface area contributed by atoms with E-state index < -0.39 is 5.82 Å². The minimum atomic E-state index is -0.477. The van der Waals surface area contributed by atoms with Gasteiger partial charge in [0, 0.05) is 17.6 Å². The van der Waals surface area contributed by atoms with Gasteiger partial charge in [-0.05, 0) is 37.1 Å². The molecule has 1 unspecified atom stereocenters. The predicted octanol–water partition coefficient (Wildman–Crippen LogP) is 2.01. The first-order valence-electron chi connectivity index (χ1n) is 5.56. The maximum atomic E-state index is 13.6. The molecule has 1 fully saturated rings. The van der Waals surface area contributed by atoms with Crippen molar-refractivity contribution in [2.24, 2.45) is 11.7 Å². The van der Waals surface area contributed by atoms with Crippen molar-refractivity contribution in [3.63, 3.8) is 0 Å². The predicted molar refractivity (Wildman–Crippen MR) is 67.2 cm³/mol. The van der Waals surface area contributed by atoms with E-state index in [2.05, 4.69) is 15.9 Å². The second-order valence-corrected chi connectivity index (χ2v) is 5.18. The molecule has 17 heavy (non-hydrogen) atoms. The molecule has 1 aromatic carbocycles. The van der Waals surface area contributed by atoms with Crippen molar-refractivity contribution in [2.45, 2.75) is 6.42 Å². The van der Waals surface area contributed by atoms with Gasteiger partial charge in [0.05, 0.1) is 5.56 Å². The van der Waals surface area contributed by atoms with Gasteiger partial charge in [-0.2, -0.15) is 0 Å². The number of benzene rings is 1. The van der Waals surface area contributed by atoms with Gasteiger partial charge in [-0.1, -0.05) is 15.9 Å². The lowest BCUT2D eigenvalue weighted by atomic mass is 10.1. The number of hydrogen-bond acceptors (Lipinski definition) is 2. The number of halogens is 2.